The van der Waals surface area contributed by atoms with Crippen molar-refractivity contribution >= 4 is 38.8 Å². The van der Waals surface area contributed by atoms with Crippen LogP contribution in [0.2, 0.25) is 0 Å². The zero-order chi connectivity index (χ0) is 11.5. The molecular weight excluding hydrogens is 286 g/mol. The zero-order valence-electron chi connectivity index (χ0n) is 8.77. The van der Waals surface area contributed by atoms with Gasteiger partial charge in [-0.05, 0) is 51.3 Å². The van der Waals surface area contributed by atoms with Crippen LogP contribution in [0, 0.1) is 0 Å². The van der Waals surface area contributed by atoms with Crippen LogP contribution < -0.4 is 11.1 Å². The molecule has 0 spiro atoms. The Kier molecular flexibility index (Phi) is 3.46. The van der Waals surface area contributed by atoms with Crippen molar-refractivity contribution in [3.63, 3.8) is 0 Å². The van der Waals surface area contributed by atoms with E-state index in [2.05, 4.69) is 50.0 Å². The van der Waals surface area contributed by atoms with E-state index in [0.29, 0.717) is 5.69 Å². The molecule has 0 radical (unpaired) electrons. The van der Waals surface area contributed by atoms with Gasteiger partial charge in [-0.15, -0.1) is 0 Å². The van der Waals surface area contributed by atoms with E-state index in [1.54, 1.807) is 17.5 Å². The van der Waals surface area contributed by atoms with Crippen molar-refractivity contribution in [1.82, 2.24) is 4.98 Å². The van der Waals surface area contributed by atoms with Crippen molar-refractivity contribution in [2.75, 3.05) is 11.1 Å². The van der Waals surface area contributed by atoms with Gasteiger partial charge in [0, 0.05) is 0 Å². The normalized spacial score (nSPS) is 12.4. The van der Waals surface area contributed by atoms with Crippen LogP contribution in [0.1, 0.15) is 18.5 Å². The molecule has 3 N–H and O–H groups in total. The molecule has 0 saturated heterocycles. The minimum absolute atomic E-state index is 0.235. The smallest absolute Gasteiger partial charge is 0.140 e. The topological polar surface area (TPSA) is 50.9 Å². The number of nitrogen functional groups attached to an aromatic ring is 1. The number of anilines is 2. The molecule has 5 heteroatoms. The number of nitrogens with two attached hydrogens (primary N) is 1. The number of hydrogen-bond acceptors (Lipinski definition) is 4. The van der Waals surface area contributed by atoms with Gasteiger partial charge in [0.25, 0.3) is 0 Å². The zero-order valence-corrected chi connectivity index (χ0v) is 11.2. The number of rotatable bonds is 3. The predicted molar refractivity (Wildman–Crippen MR) is 72.7 cm³/mol. The molecule has 3 nitrogen and oxygen atoms in total. The third kappa shape index (κ3) is 2.54. The molecule has 84 valence electrons. The van der Waals surface area contributed by atoms with E-state index in [0.717, 1.165) is 10.3 Å². The van der Waals surface area contributed by atoms with E-state index in [-0.39, 0.29) is 6.04 Å². The van der Waals surface area contributed by atoms with Crippen LogP contribution in [0.5, 0.6) is 0 Å². The van der Waals surface area contributed by atoms with Crippen molar-refractivity contribution < 1.29 is 0 Å². The quantitative estimate of drug-likeness (QED) is 0.909. The molecule has 0 amide bonds. The average Bonchev–Trinajstić information content (AvgIpc) is 2.75. The van der Waals surface area contributed by atoms with Gasteiger partial charge in [0.2, 0.25) is 0 Å². The third-order valence-electron chi connectivity index (χ3n) is 2.26. The molecule has 2 aromatic rings. The van der Waals surface area contributed by atoms with Gasteiger partial charge in [-0.2, -0.15) is 11.3 Å². The lowest BCUT2D eigenvalue weighted by atomic mass is 10.2. The SMILES string of the molecule is CC(Nc1ncc(N)cc1Br)c1ccsc1. The summed E-state index contributed by atoms with van der Waals surface area (Å²) >= 11 is 5.13. The summed E-state index contributed by atoms with van der Waals surface area (Å²) in [6.07, 6.45) is 1.65. The van der Waals surface area contributed by atoms with Crippen LogP contribution >= 0.6 is 27.3 Å². The summed E-state index contributed by atoms with van der Waals surface area (Å²) in [4.78, 5) is 4.25. The van der Waals surface area contributed by atoms with E-state index in [9.17, 15) is 0 Å². The summed E-state index contributed by atoms with van der Waals surface area (Å²) in [5.41, 5.74) is 7.55. The lowest BCUT2D eigenvalue weighted by Crippen LogP contribution is -2.07. The molecule has 1 atom stereocenters. The Morgan fingerprint density at radius 3 is 3.00 bits per heavy atom. The van der Waals surface area contributed by atoms with Crippen LogP contribution in [-0.4, -0.2) is 4.98 Å². The van der Waals surface area contributed by atoms with Crippen LogP contribution in [0.15, 0.2) is 33.6 Å². The Hall–Kier alpha value is -1.07. The van der Waals surface area contributed by atoms with Gasteiger partial charge in [-0.25, -0.2) is 4.98 Å². The second-order valence-corrected chi connectivity index (χ2v) is 5.16. The maximum absolute atomic E-state index is 5.63. The molecule has 16 heavy (non-hydrogen) atoms. The molecule has 2 rings (SSSR count). The standard InChI is InChI=1S/C11H12BrN3S/c1-7(8-2-3-16-6-8)15-11-10(12)4-9(13)5-14-11/h2-7H,13H2,1H3,(H,14,15). The van der Waals surface area contributed by atoms with Crippen LogP contribution in [0.25, 0.3) is 0 Å². The second-order valence-electron chi connectivity index (χ2n) is 3.52. The summed E-state index contributed by atoms with van der Waals surface area (Å²) in [5.74, 6) is 0.813. The van der Waals surface area contributed by atoms with E-state index < -0.39 is 0 Å². The predicted octanol–water partition coefficient (Wildman–Crippen LogP) is 3.66. The Labute approximate surface area is 107 Å². The van der Waals surface area contributed by atoms with E-state index >= 15 is 0 Å². The third-order valence-corrected chi connectivity index (χ3v) is 3.56. The summed E-state index contributed by atoms with van der Waals surface area (Å²) in [6.45, 7) is 2.10. The minimum atomic E-state index is 0.235. The van der Waals surface area contributed by atoms with E-state index in [1.165, 1.54) is 5.56 Å². The van der Waals surface area contributed by atoms with Crippen molar-refractivity contribution in [1.29, 1.82) is 0 Å². The molecule has 0 aliphatic carbocycles. The summed E-state index contributed by atoms with van der Waals surface area (Å²) in [6, 6.07) is 4.18. The largest absolute Gasteiger partial charge is 0.397 e. The van der Waals surface area contributed by atoms with Gasteiger partial charge in [0.05, 0.1) is 22.4 Å². The van der Waals surface area contributed by atoms with Gasteiger partial charge < -0.3 is 11.1 Å². The van der Waals surface area contributed by atoms with Gasteiger partial charge in [-0.1, -0.05) is 0 Å². The Morgan fingerprint density at radius 1 is 1.56 bits per heavy atom. The maximum atomic E-state index is 5.63. The first-order valence-corrected chi connectivity index (χ1v) is 6.60. The van der Waals surface area contributed by atoms with Gasteiger partial charge in [-0.3, -0.25) is 0 Å². The van der Waals surface area contributed by atoms with Gasteiger partial charge in [0.1, 0.15) is 5.82 Å². The second kappa shape index (κ2) is 4.84. The summed E-state index contributed by atoms with van der Waals surface area (Å²) < 4.78 is 0.884. The van der Waals surface area contributed by atoms with Crippen molar-refractivity contribution in [3.05, 3.63) is 39.1 Å². The number of nitrogens with one attached hydrogen (secondary N) is 1. The minimum Gasteiger partial charge on any atom is -0.397 e. The number of pyridine rings is 1. The molecule has 0 fully saturated rings. The highest BCUT2D eigenvalue weighted by molar-refractivity contribution is 9.10. The fourth-order valence-electron chi connectivity index (χ4n) is 1.37. The molecule has 0 aromatic carbocycles. The molecule has 0 bridgehead atoms. The fourth-order valence-corrected chi connectivity index (χ4v) is 2.60. The summed E-state index contributed by atoms with van der Waals surface area (Å²) in [5, 5.41) is 7.53. The van der Waals surface area contributed by atoms with Crippen LogP contribution in [0.4, 0.5) is 11.5 Å². The van der Waals surface area contributed by atoms with Crippen LogP contribution in [-0.2, 0) is 0 Å². The molecule has 2 aromatic heterocycles. The molecule has 1 unspecified atom stereocenters. The van der Waals surface area contributed by atoms with Crippen LogP contribution in [0.3, 0.4) is 0 Å². The van der Waals surface area contributed by atoms with Gasteiger partial charge >= 0.3 is 0 Å². The van der Waals surface area contributed by atoms with Crippen molar-refractivity contribution in [2.24, 2.45) is 0 Å². The lowest BCUT2D eigenvalue weighted by Gasteiger charge is -2.14. The Bertz CT molecular complexity index is 470. The highest BCUT2D eigenvalue weighted by Gasteiger charge is 2.08. The molecule has 0 aliphatic rings. The number of hydrogen-bond donors (Lipinski definition) is 2. The Balaban J connectivity index is 2.15. The fraction of sp³-hybridized carbons (Fsp3) is 0.182. The van der Waals surface area contributed by atoms with Crippen molar-refractivity contribution in [3.8, 4) is 0 Å². The first-order chi connectivity index (χ1) is 7.66. The molecule has 0 saturated carbocycles. The first kappa shape index (κ1) is 11.4. The average molecular weight is 298 g/mol. The number of aromatic nitrogens is 1. The highest BCUT2D eigenvalue weighted by Crippen LogP contribution is 2.26. The molecular formula is C11H12BrN3S. The van der Waals surface area contributed by atoms with Gasteiger partial charge in [0.15, 0.2) is 0 Å². The monoisotopic (exact) mass is 297 g/mol. The van der Waals surface area contributed by atoms with Crippen molar-refractivity contribution in [2.45, 2.75) is 13.0 Å². The highest BCUT2D eigenvalue weighted by atomic mass is 79.9. The lowest BCUT2D eigenvalue weighted by molar-refractivity contribution is 0.878. The number of nitrogens with zero attached hydrogens (tertiary/aromatic N) is 1. The Morgan fingerprint density at radius 2 is 2.38 bits per heavy atom. The van der Waals surface area contributed by atoms with E-state index in [1.807, 2.05) is 6.07 Å². The molecule has 2 heterocycles. The van der Waals surface area contributed by atoms with E-state index in [4.69, 9.17) is 5.73 Å². The number of halogens is 1. The number of thiophene rings is 1. The summed E-state index contributed by atoms with van der Waals surface area (Å²) in [7, 11) is 0. The first-order valence-electron chi connectivity index (χ1n) is 4.86. The molecule has 0 aliphatic heterocycles. The maximum Gasteiger partial charge on any atom is 0.140 e.